The topological polar surface area (TPSA) is 78.9 Å². The molecule has 2 N–H and O–H groups in total. The lowest BCUT2D eigenvalue weighted by Crippen LogP contribution is -2.33. The highest BCUT2D eigenvalue weighted by atomic mass is 32.2. The van der Waals surface area contributed by atoms with Gasteiger partial charge in [0.05, 0.1) is 18.8 Å². The summed E-state index contributed by atoms with van der Waals surface area (Å²) in [6, 6.07) is 4.44. The van der Waals surface area contributed by atoms with Gasteiger partial charge in [0.1, 0.15) is 17.4 Å². The highest BCUT2D eigenvalue weighted by Crippen LogP contribution is 2.35. The average Bonchev–Trinajstić information content (AvgIpc) is 3.11. The Kier molecular flexibility index (Phi) is 4.77. The predicted molar refractivity (Wildman–Crippen MR) is 89.1 cm³/mol. The normalized spacial score (nSPS) is 23.2. The molecule has 3 rings (SSSR count). The Labute approximate surface area is 142 Å². The molecule has 2 amide bonds. The first kappa shape index (κ1) is 16.8. The van der Waals surface area contributed by atoms with Crippen molar-refractivity contribution in [3.63, 3.8) is 0 Å². The number of anilines is 1. The van der Waals surface area contributed by atoms with Gasteiger partial charge in [0.15, 0.2) is 0 Å². The van der Waals surface area contributed by atoms with E-state index < -0.39 is 23.5 Å². The third kappa shape index (κ3) is 3.39. The number of aliphatic hydroxyl groups excluding tert-OH is 1. The van der Waals surface area contributed by atoms with Gasteiger partial charge in [-0.3, -0.25) is 9.69 Å². The SMILES string of the molecule is CC(=O)NCC1CN(c2ccc(C3=CCSC3O)c(F)c2)C(=O)O1. The molecule has 2 aliphatic heterocycles. The van der Waals surface area contributed by atoms with E-state index in [1.807, 2.05) is 0 Å². The van der Waals surface area contributed by atoms with E-state index in [1.165, 1.54) is 29.7 Å². The van der Waals surface area contributed by atoms with Gasteiger partial charge in [-0.05, 0) is 23.8 Å². The summed E-state index contributed by atoms with van der Waals surface area (Å²) in [5, 5.41) is 12.4. The van der Waals surface area contributed by atoms with Gasteiger partial charge in [-0.15, -0.1) is 11.8 Å². The van der Waals surface area contributed by atoms with Crippen LogP contribution < -0.4 is 10.2 Å². The molecule has 6 nitrogen and oxygen atoms in total. The van der Waals surface area contributed by atoms with E-state index in [4.69, 9.17) is 4.74 Å². The van der Waals surface area contributed by atoms with Crippen LogP contribution >= 0.6 is 11.8 Å². The lowest BCUT2D eigenvalue weighted by molar-refractivity contribution is -0.119. The van der Waals surface area contributed by atoms with E-state index >= 15 is 0 Å². The fraction of sp³-hybridized carbons (Fsp3) is 0.375. The molecule has 128 valence electrons. The fourth-order valence-electron chi connectivity index (χ4n) is 2.66. The Hall–Kier alpha value is -2.06. The molecule has 8 heteroatoms. The Balaban J connectivity index is 1.74. The molecule has 2 atom stereocenters. The van der Waals surface area contributed by atoms with Crippen molar-refractivity contribution in [3.05, 3.63) is 35.7 Å². The summed E-state index contributed by atoms with van der Waals surface area (Å²) in [6.45, 7) is 1.83. The fourth-order valence-corrected chi connectivity index (χ4v) is 3.53. The van der Waals surface area contributed by atoms with E-state index in [-0.39, 0.29) is 19.0 Å². The lowest BCUT2D eigenvalue weighted by atomic mass is 10.0. The van der Waals surface area contributed by atoms with E-state index in [9.17, 15) is 19.1 Å². The zero-order valence-electron chi connectivity index (χ0n) is 13.0. The van der Waals surface area contributed by atoms with Crippen LogP contribution in [0.25, 0.3) is 5.57 Å². The third-order valence-electron chi connectivity index (χ3n) is 3.85. The molecule has 1 aromatic carbocycles. The van der Waals surface area contributed by atoms with E-state index in [0.717, 1.165) is 0 Å². The van der Waals surface area contributed by atoms with Gasteiger partial charge in [-0.1, -0.05) is 6.08 Å². The number of carbonyl (C=O) groups is 2. The van der Waals surface area contributed by atoms with Crippen LogP contribution in [0.15, 0.2) is 24.3 Å². The Bertz CT molecular complexity index is 709. The molecule has 0 spiro atoms. The first-order chi connectivity index (χ1) is 11.5. The number of thioether (sulfide) groups is 1. The number of nitrogens with zero attached hydrogens (tertiary/aromatic N) is 1. The average molecular weight is 352 g/mol. The first-order valence-corrected chi connectivity index (χ1v) is 8.53. The summed E-state index contributed by atoms with van der Waals surface area (Å²) in [5.74, 6) is -0.0689. The van der Waals surface area contributed by atoms with Crippen LogP contribution in [-0.2, 0) is 9.53 Å². The maximum Gasteiger partial charge on any atom is 0.414 e. The van der Waals surface area contributed by atoms with Crippen LogP contribution in [0.1, 0.15) is 12.5 Å². The molecular weight excluding hydrogens is 335 g/mol. The van der Waals surface area contributed by atoms with Gasteiger partial charge in [0.2, 0.25) is 5.91 Å². The Morgan fingerprint density at radius 2 is 2.33 bits per heavy atom. The van der Waals surface area contributed by atoms with Crippen LogP contribution in [-0.4, -0.2) is 47.5 Å². The van der Waals surface area contributed by atoms with Crippen molar-refractivity contribution in [1.29, 1.82) is 0 Å². The largest absolute Gasteiger partial charge is 0.442 e. The van der Waals surface area contributed by atoms with Crippen LogP contribution in [0.2, 0.25) is 0 Å². The number of halogens is 1. The number of aliphatic hydroxyl groups is 1. The van der Waals surface area contributed by atoms with E-state index in [1.54, 1.807) is 18.2 Å². The van der Waals surface area contributed by atoms with E-state index in [0.29, 0.717) is 22.6 Å². The van der Waals surface area contributed by atoms with Gasteiger partial charge in [0.25, 0.3) is 0 Å². The standard InChI is InChI=1S/C16H17FN2O4S/c1-9(20)18-7-11-8-19(16(22)23-11)10-2-3-12(14(17)6-10)13-4-5-24-15(13)21/h2-4,6,11,15,21H,5,7-8H2,1H3,(H,18,20). The van der Waals surface area contributed by atoms with Crippen molar-refractivity contribution < 1.29 is 23.8 Å². The van der Waals surface area contributed by atoms with Gasteiger partial charge in [0, 0.05) is 18.2 Å². The summed E-state index contributed by atoms with van der Waals surface area (Å²) in [7, 11) is 0. The maximum absolute atomic E-state index is 14.4. The lowest BCUT2D eigenvalue weighted by Gasteiger charge is -2.15. The highest BCUT2D eigenvalue weighted by Gasteiger charge is 2.33. The van der Waals surface area contributed by atoms with Crippen molar-refractivity contribution in [3.8, 4) is 0 Å². The molecule has 0 bridgehead atoms. The number of amides is 2. The summed E-state index contributed by atoms with van der Waals surface area (Å²) in [5.41, 5.74) is 0.534. The van der Waals surface area contributed by atoms with Crippen molar-refractivity contribution in [1.82, 2.24) is 5.32 Å². The second-order valence-electron chi connectivity index (χ2n) is 5.56. The Morgan fingerprint density at radius 1 is 1.54 bits per heavy atom. The van der Waals surface area contributed by atoms with Crippen LogP contribution in [0.3, 0.4) is 0 Å². The monoisotopic (exact) mass is 352 g/mol. The molecule has 1 saturated heterocycles. The third-order valence-corrected chi connectivity index (χ3v) is 4.78. The molecule has 2 unspecified atom stereocenters. The van der Waals surface area contributed by atoms with Gasteiger partial charge in [-0.25, -0.2) is 9.18 Å². The molecule has 0 aliphatic carbocycles. The van der Waals surface area contributed by atoms with Crippen molar-refractivity contribution in [2.24, 2.45) is 0 Å². The predicted octanol–water partition coefficient (Wildman–Crippen LogP) is 1.74. The van der Waals surface area contributed by atoms with E-state index in [2.05, 4.69) is 5.32 Å². The summed E-state index contributed by atoms with van der Waals surface area (Å²) < 4.78 is 19.6. The van der Waals surface area contributed by atoms with Crippen molar-refractivity contribution >= 4 is 35.0 Å². The zero-order chi connectivity index (χ0) is 17.3. The van der Waals surface area contributed by atoms with Gasteiger partial charge in [-0.2, -0.15) is 0 Å². The number of nitrogens with one attached hydrogen (secondary N) is 1. The molecule has 1 fully saturated rings. The van der Waals surface area contributed by atoms with Crippen LogP contribution in [0, 0.1) is 5.82 Å². The molecule has 0 saturated carbocycles. The number of carbonyl (C=O) groups excluding carboxylic acids is 2. The zero-order valence-corrected chi connectivity index (χ0v) is 13.8. The molecular formula is C16H17FN2O4S. The van der Waals surface area contributed by atoms with Gasteiger partial charge < -0.3 is 15.2 Å². The van der Waals surface area contributed by atoms with Crippen molar-refractivity contribution in [2.45, 2.75) is 18.5 Å². The minimum atomic E-state index is -0.732. The molecule has 0 radical (unpaired) electrons. The summed E-state index contributed by atoms with van der Waals surface area (Å²) >= 11 is 1.32. The molecule has 1 aromatic rings. The summed E-state index contributed by atoms with van der Waals surface area (Å²) in [4.78, 5) is 24.2. The smallest absolute Gasteiger partial charge is 0.414 e. The second-order valence-corrected chi connectivity index (χ2v) is 6.68. The Morgan fingerprint density at radius 3 is 2.96 bits per heavy atom. The highest BCUT2D eigenvalue weighted by molar-refractivity contribution is 8.00. The molecule has 0 aromatic heterocycles. The number of ether oxygens (including phenoxy) is 1. The number of hydrogen-bond acceptors (Lipinski definition) is 5. The molecule has 2 aliphatic rings. The van der Waals surface area contributed by atoms with Crippen molar-refractivity contribution in [2.75, 3.05) is 23.7 Å². The number of benzene rings is 1. The van der Waals surface area contributed by atoms with Crippen LogP contribution in [0.5, 0.6) is 0 Å². The minimum absolute atomic E-state index is 0.207. The van der Waals surface area contributed by atoms with Gasteiger partial charge >= 0.3 is 6.09 Å². The summed E-state index contributed by atoms with van der Waals surface area (Å²) in [6.07, 6.45) is 0.745. The first-order valence-electron chi connectivity index (χ1n) is 7.48. The molecule has 24 heavy (non-hydrogen) atoms. The maximum atomic E-state index is 14.4. The minimum Gasteiger partial charge on any atom is -0.442 e. The number of rotatable bonds is 4. The number of cyclic esters (lactones) is 1. The molecule has 2 heterocycles. The number of hydrogen-bond donors (Lipinski definition) is 2. The van der Waals surface area contributed by atoms with Crippen LogP contribution in [0.4, 0.5) is 14.9 Å². The second kappa shape index (κ2) is 6.82. The quantitative estimate of drug-likeness (QED) is 0.863.